The predicted octanol–water partition coefficient (Wildman–Crippen LogP) is 0.745. The van der Waals surface area contributed by atoms with E-state index in [0.717, 1.165) is 0 Å². The fourth-order valence-corrected chi connectivity index (χ4v) is 1.94. The van der Waals surface area contributed by atoms with Crippen molar-refractivity contribution >= 4 is 0 Å². The predicted molar refractivity (Wildman–Crippen MR) is 256 cm³/mol. The lowest BCUT2D eigenvalue weighted by molar-refractivity contribution is 1.92. The third-order valence-electron chi connectivity index (χ3n) is 3.95. The van der Waals surface area contributed by atoms with Crippen molar-refractivity contribution < 1.29 is 0 Å². The molecule has 0 radical (unpaired) electrons. The molecule has 0 N–H and O–H groups in total. The van der Waals surface area contributed by atoms with Crippen LogP contribution in [0.1, 0.15) is 6.92 Å². The van der Waals surface area contributed by atoms with E-state index in [9.17, 15) is 0 Å². The molecule has 0 aliphatic carbocycles. The largest absolute Gasteiger partial charge is 0.106 e. The van der Waals surface area contributed by atoms with Crippen molar-refractivity contribution in [1.29, 1.82) is 0 Å². The SMILES string of the molecule is C#CC#CC#CC#CC#CC#CC#CC#CC#CC#CC#CC#CC#CC#CC#CC#CC#CC#CC#CC#CC#CC#CC#CC#CC#CC#CC#CC#CC#CC#CC#CC#CC. The zero-order chi connectivity index (χ0) is 46.5. The van der Waals surface area contributed by atoms with Crippen LogP contribution in [0, 0.1) is 379 Å². The minimum atomic E-state index is 1.68. The van der Waals surface area contributed by atoms with Gasteiger partial charge in [-0.25, -0.2) is 0 Å². The fraction of sp³-hybridized carbons (Fsp3) is 0.0154. The highest BCUT2D eigenvalue weighted by Gasteiger charge is 1.63. The minimum Gasteiger partial charge on any atom is -0.106 e. The zero-order valence-electron chi connectivity index (χ0n) is 33.1. The summed E-state index contributed by atoms with van der Waals surface area (Å²) in [5.74, 6) is 157. The molecule has 0 unspecified atom stereocenters. The van der Waals surface area contributed by atoms with E-state index in [1.165, 1.54) is 0 Å². The van der Waals surface area contributed by atoms with Gasteiger partial charge in [0.2, 0.25) is 0 Å². The molecule has 264 valence electrons. The summed E-state index contributed by atoms with van der Waals surface area (Å²) in [7, 11) is 0. The molecule has 0 spiro atoms. The molecule has 0 aromatic rings. The van der Waals surface area contributed by atoms with Crippen molar-refractivity contribution in [1.82, 2.24) is 0 Å². The molecule has 0 aliphatic heterocycles. The van der Waals surface area contributed by atoms with Crippen LogP contribution < -0.4 is 0 Å². The summed E-state index contributed by atoms with van der Waals surface area (Å²) in [6.45, 7) is 1.68. The molecule has 0 aromatic heterocycles. The molecule has 0 atom stereocenters. The molecule has 0 heterocycles. The first-order valence-corrected chi connectivity index (χ1v) is 16.3. The van der Waals surface area contributed by atoms with Gasteiger partial charge in [-0.3, -0.25) is 0 Å². The Kier molecular flexibility index (Phi) is 39.1. The number of hydrogen-bond acceptors (Lipinski definition) is 0. The van der Waals surface area contributed by atoms with E-state index in [1.807, 2.05) is 0 Å². The maximum Gasteiger partial charge on any atom is 0 e. The van der Waals surface area contributed by atoms with Crippen LogP contribution in [-0.2, 0) is 0 Å². The van der Waals surface area contributed by atoms with E-state index in [2.05, 4.69) is 373 Å². The van der Waals surface area contributed by atoms with Gasteiger partial charge in [-0.15, -0.1) is 6.42 Å². The lowest BCUT2D eigenvalue weighted by Crippen LogP contribution is -1.57. The van der Waals surface area contributed by atoms with Crippen LogP contribution in [-0.4, -0.2) is 0 Å². The highest BCUT2D eigenvalue weighted by Crippen LogP contribution is 1.64. The van der Waals surface area contributed by atoms with Gasteiger partial charge in [0.05, 0.1) is 0 Å². The molecule has 0 fully saturated rings. The Balaban J connectivity index is 4.59. The smallest absolute Gasteiger partial charge is 0 e. The quantitative estimate of drug-likeness (QED) is 0.319. The van der Waals surface area contributed by atoms with E-state index in [0.29, 0.717) is 0 Å². The van der Waals surface area contributed by atoms with E-state index in [1.54, 1.807) is 6.92 Å². The first-order chi connectivity index (χ1) is 32.4. The Labute approximate surface area is 384 Å². The second kappa shape index (κ2) is 49.9. The summed E-state index contributed by atoms with van der Waals surface area (Å²) in [5.41, 5.74) is 0. The fourth-order valence-electron chi connectivity index (χ4n) is 1.94. The van der Waals surface area contributed by atoms with Crippen LogP contribution in [0.3, 0.4) is 0 Å². The lowest BCUT2D eigenvalue weighted by atomic mass is 10.4. The Morgan fingerprint density at radius 2 is 0.200 bits per heavy atom. The molecule has 0 aliphatic rings. The first kappa shape index (κ1) is 50.9. The number of terminal acetylenes is 1. The maximum atomic E-state index is 4.94. The van der Waals surface area contributed by atoms with Gasteiger partial charge < -0.3 is 0 Å². The second-order valence-corrected chi connectivity index (χ2v) is 8.02. The molecular weight excluding hydrogens is 781 g/mol. The highest BCUT2D eigenvalue weighted by atomic mass is 13.6. The average molecular weight is 785 g/mol. The highest BCUT2D eigenvalue weighted by molar-refractivity contribution is 5.52. The third kappa shape index (κ3) is 49.9. The van der Waals surface area contributed by atoms with Crippen molar-refractivity contribution in [2.45, 2.75) is 6.92 Å². The summed E-state index contributed by atoms with van der Waals surface area (Å²) in [4.78, 5) is 0. The molecule has 65 heavy (non-hydrogen) atoms. The van der Waals surface area contributed by atoms with Crippen LogP contribution >= 0.6 is 0 Å². The standard InChI is InChI=1S/C65H4/c1-3-5-7-9-11-13-15-17-19-21-23-25-27-29-31-33-35-37-39-41-43-45-47-49-51-53-55-57-59-61-63-65-64-62-60-58-56-54-52-50-48-46-44-42-40-38-36-34-32-30-28-26-24-22-20-18-16-14-12-10-8-6-4-2/h1H,2H3. The first-order valence-electron chi connectivity index (χ1n) is 16.3. The third-order valence-corrected chi connectivity index (χ3v) is 3.95. The van der Waals surface area contributed by atoms with Gasteiger partial charge in [-0.2, -0.15) is 0 Å². The van der Waals surface area contributed by atoms with Gasteiger partial charge in [0.25, 0.3) is 0 Å². The van der Waals surface area contributed by atoms with E-state index < -0.39 is 0 Å². The Morgan fingerprint density at radius 3 is 0.277 bits per heavy atom. The van der Waals surface area contributed by atoms with Gasteiger partial charge in [0.15, 0.2) is 0 Å². The minimum absolute atomic E-state index is 1.68. The van der Waals surface area contributed by atoms with Gasteiger partial charge in [-0.1, -0.05) is 5.92 Å². The molecule has 0 heteroatoms. The molecule has 0 aromatic carbocycles. The van der Waals surface area contributed by atoms with Crippen molar-refractivity contribution in [3.63, 3.8) is 0 Å². The van der Waals surface area contributed by atoms with Crippen LogP contribution in [0.5, 0.6) is 0 Å². The van der Waals surface area contributed by atoms with Crippen LogP contribution in [0.15, 0.2) is 0 Å². The maximum absolute atomic E-state index is 4.94. The zero-order valence-corrected chi connectivity index (χ0v) is 33.1. The molecule has 0 saturated carbocycles. The van der Waals surface area contributed by atoms with E-state index in [-0.39, 0.29) is 0 Å². The second-order valence-electron chi connectivity index (χ2n) is 8.02. The number of hydrogen-bond donors (Lipinski definition) is 0. The molecule has 0 nitrogen and oxygen atoms in total. The molecule has 0 bridgehead atoms. The monoisotopic (exact) mass is 784 g/mol. The van der Waals surface area contributed by atoms with E-state index >= 15 is 0 Å². The summed E-state index contributed by atoms with van der Waals surface area (Å²) in [6, 6.07) is 0. The normalized spacial score (nSPS) is 3.94. The van der Waals surface area contributed by atoms with Gasteiger partial charge in [-0.05, 0) is 102 Å². The van der Waals surface area contributed by atoms with Crippen LogP contribution in [0.4, 0.5) is 0 Å². The molecular formula is C65H4. The summed E-state index contributed by atoms with van der Waals surface area (Å²) >= 11 is 0. The van der Waals surface area contributed by atoms with Gasteiger partial charge in [0, 0.05) is 272 Å². The average Bonchev–Trinajstić information content (AvgIpc) is 3.32. The van der Waals surface area contributed by atoms with Crippen LogP contribution in [0.2, 0.25) is 0 Å². The number of rotatable bonds is 0. The summed E-state index contributed by atoms with van der Waals surface area (Å²) < 4.78 is 0. The Hall–Kier alpha value is -14.1. The molecule has 0 saturated heterocycles. The van der Waals surface area contributed by atoms with Crippen LogP contribution in [0.25, 0.3) is 0 Å². The topological polar surface area (TPSA) is 0 Å². The molecule has 0 rings (SSSR count). The summed E-state index contributed by atoms with van der Waals surface area (Å²) in [5, 5.41) is 0. The molecule has 0 amide bonds. The van der Waals surface area contributed by atoms with Gasteiger partial charge in [0.1, 0.15) is 0 Å². The van der Waals surface area contributed by atoms with Gasteiger partial charge >= 0.3 is 0 Å². The van der Waals surface area contributed by atoms with Crippen molar-refractivity contribution in [2.75, 3.05) is 0 Å². The Bertz CT molecular complexity index is 4200. The van der Waals surface area contributed by atoms with Crippen molar-refractivity contribution in [3.05, 3.63) is 0 Å². The summed E-state index contributed by atoms with van der Waals surface area (Å²) in [6.07, 6.45) is 4.94. The lowest BCUT2D eigenvalue weighted by Gasteiger charge is -1.57. The van der Waals surface area contributed by atoms with E-state index in [4.69, 9.17) is 6.42 Å². The van der Waals surface area contributed by atoms with Crippen molar-refractivity contribution in [2.24, 2.45) is 0 Å². The van der Waals surface area contributed by atoms with Crippen molar-refractivity contribution in [3.8, 4) is 379 Å². The Morgan fingerprint density at radius 1 is 0.123 bits per heavy atom.